The second-order valence-electron chi connectivity index (χ2n) is 3.88. The number of benzene rings is 2. The van der Waals surface area contributed by atoms with E-state index >= 15 is 0 Å². The number of aromatic hydroxyl groups is 1. The van der Waals surface area contributed by atoms with Crippen molar-refractivity contribution in [3.8, 4) is 11.8 Å². The molecule has 0 saturated heterocycles. The monoisotopic (exact) mass is 237 g/mol. The van der Waals surface area contributed by atoms with Crippen molar-refractivity contribution in [3.05, 3.63) is 65.7 Å². The number of carbonyl (C=O) groups is 1. The van der Waals surface area contributed by atoms with Gasteiger partial charge in [0.05, 0.1) is 6.07 Å². The molecule has 0 heterocycles. The van der Waals surface area contributed by atoms with Crippen LogP contribution in [0.3, 0.4) is 0 Å². The summed E-state index contributed by atoms with van der Waals surface area (Å²) in [5.74, 6) is -0.959. The fourth-order valence-corrected chi connectivity index (χ4v) is 1.72. The van der Waals surface area contributed by atoms with Gasteiger partial charge in [-0.05, 0) is 17.7 Å². The molecular weight excluding hydrogens is 226 g/mol. The SMILES string of the molecule is N#CC(C(=O)c1ccccc1)c1ccc(O)cc1. The van der Waals surface area contributed by atoms with Gasteiger partial charge in [-0.25, -0.2) is 0 Å². The quantitative estimate of drug-likeness (QED) is 0.835. The van der Waals surface area contributed by atoms with E-state index in [1.54, 1.807) is 36.4 Å². The highest BCUT2D eigenvalue weighted by Crippen LogP contribution is 2.22. The third kappa shape index (κ3) is 2.38. The number of nitrogens with zero attached hydrogens (tertiary/aromatic N) is 1. The Labute approximate surface area is 105 Å². The van der Waals surface area contributed by atoms with Crippen molar-refractivity contribution in [2.45, 2.75) is 5.92 Å². The summed E-state index contributed by atoms with van der Waals surface area (Å²) >= 11 is 0. The Balaban J connectivity index is 2.33. The van der Waals surface area contributed by atoms with Crippen molar-refractivity contribution in [3.63, 3.8) is 0 Å². The number of Topliss-reactive ketones (excluding diaryl/α,β-unsaturated/α-hetero) is 1. The third-order valence-electron chi connectivity index (χ3n) is 2.68. The van der Waals surface area contributed by atoms with Gasteiger partial charge in [-0.2, -0.15) is 5.26 Å². The van der Waals surface area contributed by atoms with Crippen LogP contribution in [0.25, 0.3) is 0 Å². The maximum atomic E-state index is 12.2. The molecule has 3 heteroatoms. The van der Waals surface area contributed by atoms with Gasteiger partial charge in [-0.15, -0.1) is 0 Å². The summed E-state index contributed by atoms with van der Waals surface area (Å²) < 4.78 is 0. The number of phenols is 1. The number of rotatable bonds is 3. The standard InChI is InChI=1S/C15H11NO2/c16-10-14(11-6-8-13(17)9-7-11)15(18)12-4-2-1-3-5-12/h1-9,14,17H. The molecule has 0 amide bonds. The number of phenolic OH excluding ortho intramolecular Hbond substituents is 1. The van der Waals surface area contributed by atoms with E-state index in [0.717, 1.165) is 0 Å². The zero-order valence-electron chi connectivity index (χ0n) is 9.58. The molecule has 3 nitrogen and oxygen atoms in total. The van der Waals surface area contributed by atoms with Crippen LogP contribution in [-0.2, 0) is 0 Å². The predicted molar refractivity (Wildman–Crippen MR) is 67.2 cm³/mol. The maximum absolute atomic E-state index is 12.2. The lowest BCUT2D eigenvalue weighted by Gasteiger charge is -2.08. The molecule has 0 spiro atoms. The van der Waals surface area contributed by atoms with Crippen LogP contribution < -0.4 is 0 Å². The van der Waals surface area contributed by atoms with E-state index in [0.29, 0.717) is 11.1 Å². The molecule has 1 N–H and O–H groups in total. The summed E-state index contributed by atoms with van der Waals surface area (Å²) in [6.07, 6.45) is 0. The third-order valence-corrected chi connectivity index (χ3v) is 2.68. The highest BCUT2D eigenvalue weighted by Gasteiger charge is 2.21. The second-order valence-corrected chi connectivity index (χ2v) is 3.88. The average molecular weight is 237 g/mol. The fraction of sp³-hybridized carbons (Fsp3) is 0.0667. The van der Waals surface area contributed by atoms with Crippen LogP contribution in [-0.4, -0.2) is 10.9 Å². The molecule has 0 radical (unpaired) electrons. The predicted octanol–water partition coefficient (Wildman–Crippen LogP) is 2.88. The van der Waals surface area contributed by atoms with Crippen molar-refractivity contribution in [2.24, 2.45) is 0 Å². The lowest BCUT2D eigenvalue weighted by molar-refractivity contribution is 0.0979. The van der Waals surface area contributed by atoms with Gasteiger partial charge in [0, 0.05) is 5.56 Å². The fourth-order valence-electron chi connectivity index (χ4n) is 1.72. The van der Waals surface area contributed by atoms with Crippen LogP contribution in [0.5, 0.6) is 5.75 Å². The Morgan fingerprint density at radius 1 is 1.06 bits per heavy atom. The number of nitriles is 1. The molecule has 0 aliphatic carbocycles. The normalized spacial score (nSPS) is 11.5. The Morgan fingerprint density at radius 2 is 1.67 bits per heavy atom. The summed E-state index contributed by atoms with van der Waals surface area (Å²) in [5, 5.41) is 18.3. The average Bonchev–Trinajstić information content (AvgIpc) is 2.42. The summed E-state index contributed by atoms with van der Waals surface area (Å²) in [4.78, 5) is 12.2. The highest BCUT2D eigenvalue weighted by molar-refractivity contribution is 6.02. The van der Waals surface area contributed by atoms with E-state index in [1.807, 2.05) is 12.1 Å². The van der Waals surface area contributed by atoms with Gasteiger partial charge in [0.25, 0.3) is 0 Å². The van der Waals surface area contributed by atoms with Crippen molar-refractivity contribution >= 4 is 5.78 Å². The van der Waals surface area contributed by atoms with Crippen LogP contribution in [0, 0.1) is 11.3 Å². The maximum Gasteiger partial charge on any atom is 0.184 e. The number of hydrogen-bond acceptors (Lipinski definition) is 3. The first-order valence-electron chi connectivity index (χ1n) is 5.50. The molecule has 2 aromatic rings. The van der Waals surface area contributed by atoms with Gasteiger partial charge in [-0.3, -0.25) is 4.79 Å². The minimum absolute atomic E-state index is 0.114. The number of carbonyl (C=O) groups excluding carboxylic acids is 1. The second kappa shape index (κ2) is 5.15. The van der Waals surface area contributed by atoms with Crippen LogP contribution in [0.1, 0.15) is 21.8 Å². The van der Waals surface area contributed by atoms with E-state index in [-0.39, 0.29) is 11.5 Å². The van der Waals surface area contributed by atoms with Crippen LogP contribution in [0.15, 0.2) is 54.6 Å². The zero-order valence-corrected chi connectivity index (χ0v) is 9.58. The molecule has 18 heavy (non-hydrogen) atoms. The first-order valence-corrected chi connectivity index (χ1v) is 5.50. The van der Waals surface area contributed by atoms with Gasteiger partial charge in [0.1, 0.15) is 11.7 Å². The Bertz CT molecular complexity index is 582. The molecule has 88 valence electrons. The minimum atomic E-state index is -0.840. The summed E-state index contributed by atoms with van der Waals surface area (Å²) in [6, 6.07) is 16.8. The van der Waals surface area contributed by atoms with Gasteiger partial charge in [0.2, 0.25) is 0 Å². The van der Waals surface area contributed by atoms with Crippen LogP contribution in [0.4, 0.5) is 0 Å². The number of ketones is 1. The smallest absolute Gasteiger partial charge is 0.184 e. The number of hydrogen-bond donors (Lipinski definition) is 1. The molecule has 0 aliphatic rings. The summed E-state index contributed by atoms with van der Waals surface area (Å²) in [5.41, 5.74) is 1.10. The molecule has 2 aromatic carbocycles. The topological polar surface area (TPSA) is 61.1 Å². The van der Waals surface area contributed by atoms with Gasteiger partial charge in [-0.1, -0.05) is 42.5 Å². The van der Waals surface area contributed by atoms with E-state index in [1.165, 1.54) is 12.1 Å². The summed E-state index contributed by atoms with van der Waals surface area (Å²) in [6.45, 7) is 0. The van der Waals surface area contributed by atoms with E-state index < -0.39 is 5.92 Å². The lowest BCUT2D eigenvalue weighted by atomic mass is 9.92. The molecule has 1 atom stereocenters. The molecular formula is C15H11NO2. The van der Waals surface area contributed by atoms with Crippen LogP contribution in [0.2, 0.25) is 0 Å². The van der Waals surface area contributed by atoms with Crippen molar-refractivity contribution in [1.82, 2.24) is 0 Å². The Kier molecular flexibility index (Phi) is 3.40. The molecule has 0 saturated carbocycles. The van der Waals surface area contributed by atoms with Crippen LogP contribution >= 0.6 is 0 Å². The summed E-state index contributed by atoms with van der Waals surface area (Å²) in [7, 11) is 0. The Morgan fingerprint density at radius 3 is 2.22 bits per heavy atom. The van der Waals surface area contributed by atoms with E-state index in [9.17, 15) is 9.90 Å². The largest absolute Gasteiger partial charge is 0.508 e. The van der Waals surface area contributed by atoms with Gasteiger partial charge >= 0.3 is 0 Å². The molecule has 0 aromatic heterocycles. The molecule has 0 aliphatic heterocycles. The minimum Gasteiger partial charge on any atom is -0.508 e. The molecule has 0 fully saturated rings. The lowest BCUT2D eigenvalue weighted by Crippen LogP contribution is -2.10. The van der Waals surface area contributed by atoms with E-state index in [4.69, 9.17) is 5.26 Å². The Hall–Kier alpha value is -2.60. The molecule has 0 bridgehead atoms. The first kappa shape index (κ1) is 11.9. The van der Waals surface area contributed by atoms with Crippen molar-refractivity contribution < 1.29 is 9.90 Å². The first-order chi connectivity index (χ1) is 8.72. The highest BCUT2D eigenvalue weighted by atomic mass is 16.3. The van der Waals surface area contributed by atoms with E-state index in [2.05, 4.69) is 0 Å². The van der Waals surface area contributed by atoms with Gasteiger partial charge in [0.15, 0.2) is 5.78 Å². The van der Waals surface area contributed by atoms with Crippen molar-refractivity contribution in [1.29, 1.82) is 5.26 Å². The molecule has 2 rings (SSSR count). The molecule has 1 unspecified atom stereocenters. The van der Waals surface area contributed by atoms with Gasteiger partial charge < -0.3 is 5.11 Å². The zero-order chi connectivity index (χ0) is 13.0. The van der Waals surface area contributed by atoms with Crippen molar-refractivity contribution in [2.75, 3.05) is 0 Å².